The summed E-state index contributed by atoms with van der Waals surface area (Å²) in [6.07, 6.45) is 4.10. The zero-order chi connectivity index (χ0) is 36.7. The second-order valence-corrected chi connectivity index (χ2v) is 15.6. The van der Waals surface area contributed by atoms with Gasteiger partial charge in [-0.25, -0.2) is 0 Å². The Morgan fingerprint density at radius 1 is 1.18 bits per heavy atom. The molecule has 3 amide bonds. The van der Waals surface area contributed by atoms with E-state index in [-0.39, 0.29) is 48.7 Å². The number of halogens is 1. The van der Waals surface area contributed by atoms with Crippen LogP contribution in [-0.2, 0) is 33.4 Å². The molecule has 13 heteroatoms. The lowest BCUT2D eigenvalue weighted by Gasteiger charge is -2.40. The van der Waals surface area contributed by atoms with Gasteiger partial charge in [-0.2, -0.15) is 0 Å². The summed E-state index contributed by atoms with van der Waals surface area (Å²) in [6, 6.07) is 6.83. The van der Waals surface area contributed by atoms with Gasteiger partial charge in [-0.05, 0) is 30.7 Å². The number of esters is 1. The Labute approximate surface area is 309 Å². The van der Waals surface area contributed by atoms with E-state index in [2.05, 4.69) is 39.3 Å². The topological polar surface area (TPSA) is 138 Å². The van der Waals surface area contributed by atoms with E-state index in [1.54, 1.807) is 17.1 Å². The maximum absolute atomic E-state index is 14.9. The van der Waals surface area contributed by atoms with E-state index in [4.69, 9.17) is 14.2 Å². The number of amides is 3. The number of nitrogens with one attached hydrogen (secondary N) is 1. The van der Waals surface area contributed by atoms with Crippen LogP contribution in [0.4, 0.5) is 0 Å². The number of rotatable bonds is 18. The molecule has 12 nitrogen and oxygen atoms in total. The maximum atomic E-state index is 14.9. The van der Waals surface area contributed by atoms with Gasteiger partial charge < -0.3 is 34.4 Å². The molecule has 1 aromatic carbocycles. The lowest BCUT2D eigenvalue weighted by atomic mass is 9.70. The quantitative estimate of drug-likeness (QED) is 0.131. The molecule has 280 valence electrons. The van der Waals surface area contributed by atoms with Gasteiger partial charge in [0.2, 0.25) is 17.7 Å². The highest BCUT2D eigenvalue weighted by Gasteiger charge is 2.77. The lowest BCUT2D eigenvalue weighted by molar-refractivity contribution is -0.151. The van der Waals surface area contributed by atoms with Crippen LogP contribution in [-0.4, -0.2) is 131 Å². The standard InChI is InChI=1S/C38H53BrN4O8/c1-5-7-13-30(45)50-24-29(26-11-9-8-10-12-26)40-35(46)31-32-36(47)43(27(23-44)21-25(3)4)34(38(32)22-28(39)33(31)51-38)37(48)42(14-6-2)16-15-41-17-19-49-20-18-41/h5-6,8-12,25,27-29,31-34,44H,1-2,7,13-24H2,3-4H3,(H,40,46)/t27-,28?,29-,31+,32-,33+,34+,38-/m1/s1. The molecule has 1 unspecified atom stereocenters. The third kappa shape index (κ3) is 8.43. The van der Waals surface area contributed by atoms with Gasteiger partial charge in [0, 0.05) is 44.0 Å². The normalized spacial score (nSPS) is 28.3. The van der Waals surface area contributed by atoms with Gasteiger partial charge in [0.05, 0.1) is 49.8 Å². The van der Waals surface area contributed by atoms with Gasteiger partial charge in [0.1, 0.15) is 18.2 Å². The van der Waals surface area contributed by atoms with E-state index in [9.17, 15) is 24.3 Å². The summed E-state index contributed by atoms with van der Waals surface area (Å²) < 4.78 is 17.8. The summed E-state index contributed by atoms with van der Waals surface area (Å²) in [5, 5.41) is 13.8. The molecule has 4 heterocycles. The average molecular weight is 774 g/mol. The Bertz CT molecular complexity index is 1410. The number of aliphatic hydroxyl groups excluding tert-OH is 1. The number of fused-ring (bicyclic) bond motifs is 1. The first-order chi connectivity index (χ1) is 24.6. The van der Waals surface area contributed by atoms with Gasteiger partial charge in [-0.15, -0.1) is 13.2 Å². The number of carbonyl (C=O) groups excluding carboxylic acids is 4. The van der Waals surface area contributed by atoms with E-state index in [1.165, 1.54) is 4.90 Å². The molecule has 0 saturated carbocycles. The van der Waals surface area contributed by atoms with Crippen molar-refractivity contribution in [1.82, 2.24) is 20.0 Å². The summed E-state index contributed by atoms with van der Waals surface area (Å²) in [5.41, 5.74) is -0.557. The average Bonchev–Trinajstić information content (AvgIpc) is 3.73. The Morgan fingerprint density at radius 3 is 2.55 bits per heavy atom. The van der Waals surface area contributed by atoms with Crippen LogP contribution in [0.2, 0.25) is 0 Å². The summed E-state index contributed by atoms with van der Waals surface area (Å²) in [7, 11) is 0. The number of aliphatic hydroxyl groups is 1. The number of nitrogens with zero attached hydrogens (tertiary/aromatic N) is 3. The molecule has 4 aliphatic rings. The van der Waals surface area contributed by atoms with E-state index in [0.717, 1.165) is 18.7 Å². The minimum Gasteiger partial charge on any atom is -0.463 e. The van der Waals surface area contributed by atoms with E-state index >= 15 is 0 Å². The predicted octanol–water partition coefficient (Wildman–Crippen LogP) is 2.86. The van der Waals surface area contributed by atoms with Crippen LogP contribution < -0.4 is 5.32 Å². The summed E-state index contributed by atoms with van der Waals surface area (Å²) in [6.45, 7) is 15.2. The number of morpholine rings is 1. The van der Waals surface area contributed by atoms with Gasteiger partial charge in [-0.3, -0.25) is 24.1 Å². The monoisotopic (exact) mass is 772 g/mol. The number of likely N-dealkylation sites (tertiary alicyclic amines) is 1. The first kappa shape index (κ1) is 39.1. The van der Waals surface area contributed by atoms with Crippen LogP contribution in [0.3, 0.4) is 0 Å². The van der Waals surface area contributed by atoms with Crippen LogP contribution in [0.25, 0.3) is 0 Å². The smallest absolute Gasteiger partial charge is 0.306 e. The highest BCUT2D eigenvalue weighted by atomic mass is 79.9. The van der Waals surface area contributed by atoms with Gasteiger partial charge in [-0.1, -0.05) is 72.3 Å². The number of allylic oxidation sites excluding steroid dienone is 1. The second kappa shape index (κ2) is 17.6. The number of hydrogen-bond acceptors (Lipinski definition) is 9. The van der Waals surface area contributed by atoms with Crippen molar-refractivity contribution in [1.29, 1.82) is 0 Å². The first-order valence-electron chi connectivity index (χ1n) is 18.1. The Kier molecular flexibility index (Phi) is 13.5. The largest absolute Gasteiger partial charge is 0.463 e. The fourth-order valence-corrected chi connectivity index (χ4v) is 9.15. The van der Waals surface area contributed by atoms with Crippen molar-refractivity contribution in [2.24, 2.45) is 17.8 Å². The molecule has 4 fully saturated rings. The van der Waals surface area contributed by atoms with Crippen LogP contribution in [0.5, 0.6) is 0 Å². The Morgan fingerprint density at radius 2 is 1.90 bits per heavy atom. The van der Waals surface area contributed by atoms with Crippen molar-refractivity contribution in [3.63, 3.8) is 0 Å². The fraction of sp³-hybridized carbons (Fsp3) is 0.632. The molecule has 1 spiro atoms. The van der Waals surface area contributed by atoms with Crippen molar-refractivity contribution >= 4 is 39.6 Å². The summed E-state index contributed by atoms with van der Waals surface area (Å²) in [5.74, 6) is -3.25. The molecular formula is C38H53BrN4O8. The van der Waals surface area contributed by atoms with Crippen molar-refractivity contribution in [3.05, 3.63) is 61.2 Å². The molecule has 8 atom stereocenters. The third-order valence-corrected chi connectivity index (χ3v) is 11.4. The van der Waals surface area contributed by atoms with Gasteiger partial charge >= 0.3 is 5.97 Å². The van der Waals surface area contributed by atoms with E-state index in [1.807, 2.05) is 44.2 Å². The van der Waals surface area contributed by atoms with Crippen molar-refractivity contribution in [3.8, 4) is 0 Å². The maximum Gasteiger partial charge on any atom is 0.306 e. The molecule has 2 N–H and O–H groups in total. The number of hydrogen-bond donors (Lipinski definition) is 2. The molecular weight excluding hydrogens is 720 g/mol. The van der Waals surface area contributed by atoms with Crippen LogP contribution >= 0.6 is 15.9 Å². The SMILES string of the molecule is C=CCCC(=O)OC[C@@H](NC(=O)[C@@H]1[C@H]2O[C@@]3(CC2Br)[C@H](C(=O)N(CC=C)CCN2CCOCC2)N([C@@H](CO)CC(C)C)C(=O)[C@@H]13)c1ccccc1. The second-order valence-electron chi connectivity index (χ2n) is 14.4. The fourth-order valence-electron chi connectivity index (χ4n) is 8.21. The molecule has 51 heavy (non-hydrogen) atoms. The summed E-state index contributed by atoms with van der Waals surface area (Å²) in [4.78, 5) is 61.8. The molecule has 2 bridgehead atoms. The molecule has 1 aromatic rings. The zero-order valence-electron chi connectivity index (χ0n) is 29.8. The molecule has 4 aliphatic heterocycles. The Balaban J connectivity index is 1.46. The van der Waals surface area contributed by atoms with Crippen LogP contribution in [0.1, 0.15) is 51.1 Å². The number of ether oxygens (including phenoxy) is 3. The van der Waals surface area contributed by atoms with Gasteiger partial charge in [0.25, 0.3) is 0 Å². The highest BCUT2D eigenvalue weighted by molar-refractivity contribution is 9.09. The first-order valence-corrected chi connectivity index (χ1v) is 19.0. The van der Waals surface area contributed by atoms with Crippen molar-refractivity contribution < 1.29 is 38.5 Å². The minimum absolute atomic E-state index is 0.0979. The highest BCUT2D eigenvalue weighted by Crippen LogP contribution is 2.60. The van der Waals surface area contributed by atoms with E-state index in [0.29, 0.717) is 45.6 Å². The number of benzene rings is 1. The molecule has 4 saturated heterocycles. The summed E-state index contributed by atoms with van der Waals surface area (Å²) >= 11 is 3.76. The molecule has 0 aromatic heterocycles. The zero-order valence-corrected chi connectivity index (χ0v) is 31.4. The van der Waals surface area contributed by atoms with Crippen LogP contribution in [0, 0.1) is 17.8 Å². The molecule has 0 aliphatic carbocycles. The third-order valence-electron chi connectivity index (χ3n) is 10.5. The minimum atomic E-state index is -1.29. The van der Waals surface area contributed by atoms with Crippen molar-refractivity contribution in [2.75, 3.05) is 59.2 Å². The lowest BCUT2D eigenvalue weighted by Crippen LogP contribution is -2.60. The van der Waals surface area contributed by atoms with Crippen molar-refractivity contribution in [2.45, 2.75) is 74.2 Å². The molecule has 0 radical (unpaired) electrons. The van der Waals surface area contributed by atoms with Crippen LogP contribution in [0.15, 0.2) is 55.6 Å². The number of alkyl halides is 1. The number of carbonyl (C=O) groups is 4. The predicted molar refractivity (Wildman–Crippen MR) is 195 cm³/mol. The Hall–Kier alpha value is -3.10. The molecule has 5 rings (SSSR count). The van der Waals surface area contributed by atoms with E-state index < -0.39 is 53.5 Å². The van der Waals surface area contributed by atoms with Gasteiger partial charge in [0.15, 0.2) is 0 Å².